The Kier molecular flexibility index (Phi) is 6.47. The van der Waals surface area contributed by atoms with Crippen LogP contribution in [0.2, 0.25) is 0 Å². The highest BCUT2D eigenvalue weighted by Gasteiger charge is 2.21. The second-order valence-electron chi connectivity index (χ2n) is 9.11. The Morgan fingerprint density at radius 1 is 1.11 bits per heavy atom. The van der Waals surface area contributed by atoms with Crippen molar-refractivity contribution < 1.29 is 9.18 Å². The second kappa shape index (κ2) is 9.74. The van der Waals surface area contributed by atoms with Crippen molar-refractivity contribution in [3.63, 3.8) is 0 Å². The summed E-state index contributed by atoms with van der Waals surface area (Å²) in [6.45, 7) is 7.43. The summed E-state index contributed by atoms with van der Waals surface area (Å²) in [6, 6.07) is 15.9. The van der Waals surface area contributed by atoms with E-state index in [1.54, 1.807) is 29.1 Å². The Balaban J connectivity index is 1.50. The first kappa shape index (κ1) is 24.6. The molecule has 0 aliphatic heterocycles. The van der Waals surface area contributed by atoms with E-state index in [0.29, 0.717) is 33.3 Å². The molecule has 1 N–H and O–H groups in total. The highest BCUT2D eigenvalue weighted by atomic mass is 32.1. The van der Waals surface area contributed by atoms with E-state index in [-0.39, 0.29) is 29.7 Å². The summed E-state index contributed by atoms with van der Waals surface area (Å²) in [6.07, 6.45) is 0.0389. The summed E-state index contributed by atoms with van der Waals surface area (Å²) in [7, 11) is 0. The van der Waals surface area contributed by atoms with Crippen LogP contribution in [0.25, 0.3) is 21.9 Å². The van der Waals surface area contributed by atoms with Gasteiger partial charge in [0.25, 0.3) is 5.56 Å². The zero-order chi connectivity index (χ0) is 26.3. The average molecular weight is 516 g/mol. The van der Waals surface area contributed by atoms with Crippen LogP contribution in [0.15, 0.2) is 64.8 Å². The number of aromatic nitrogens is 4. The van der Waals surface area contributed by atoms with Crippen LogP contribution in [0.4, 0.5) is 4.39 Å². The normalized spacial score (nSPS) is 12.1. The van der Waals surface area contributed by atoms with E-state index in [1.807, 2.05) is 51.1 Å². The van der Waals surface area contributed by atoms with Crippen LogP contribution in [-0.4, -0.2) is 25.1 Å². The zero-order valence-electron chi connectivity index (χ0n) is 20.9. The third-order valence-electron chi connectivity index (χ3n) is 6.38. The molecule has 1 unspecified atom stereocenters. The first-order valence-corrected chi connectivity index (χ1v) is 12.8. The van der Waals surface area contributed by atoms with Gasteiger partial charge in [-0.3, -0.25) is 14.0 Å². The summed E-state index contributed by atoms with van der Waals surface area (Å²) < 4.78 is 17.1. The Morgan fingerprint density at radius 3 is 2.62 bits per heavy atom. The molecule has 1 amide bonds. The number of carbonyl (C=O) groups excluding carboxylic acids is 1. The number of nitrogens with zero attached hydrogens (tertiary/aromatic N) is 4. The Bertz CT molecular complexity index is 1690. The van der Waals surface area contributed by atoms with Gasteiger partial charge in [-0.15, -0.1) is 11.3 Å². The number of nitrogens with one attached hydrogen (secondary N) is 1. The van der Waals surface area contributed by atoms with Gasteiger partial charge < -0.3 is 5.32 Å². The predicted octanol–water partition coefficient (Wildman–Crippen LogP) is 5.09. The molecule has 0 spiro atoms. The van der Waals surface area contributed by atoms with E-state index >= 15 is 0 Å². The fraction of sp³-hybridized carbons (Fsp3) is 0.214. The number of hydrogen-bond acceptors (Lipinski definition) is 5. The fourth-order valence-corrected chi connectivity index (χ4v) is 5.38. The number of aryl methyl sites for hydroxylation is 3. The van der Waals surface area contributed by atoms with Crippen LogP contribution in [-0.2, 0) is 11.2 Å². The molecule has 0 fully saturated rings. The van der Waals surface area contributed by atoms with Gasteiger partial charge in [0, 0.05) is 16.8 Å². The molecule has 0 saturated carbocycles. The van der Waals surface area contributed by atoms with Crippen LogP contribution in [0.3, 0.4) is 0 Å². The predicted molar refractivity (Wildman–Crippen MR) is 143 cm³/mol. The largest absolute Gasteiger partial charge is 0.349 e. The average Bonchev–Trinajstić information content (AvgIpc) is 3.44. The highest BCUT2D eigenvalue weighted by molar-refractivity contribution is 7.15. The fourth-order valence-electron chi connectivity index (χ4n) is 4.46. The van der Waals surface area contributed by atoms with Crippen LogP contribution in [0.5, 0.6) is 0 Å². The van der Waals surface area contributed by atoms with Crippen molar-refractivity contribution in [2.45, 2.75) is 40.2 Å². The standard InChI is InChI=1S/C28H26FN5O2S/c1-16-10-11-21(29)13-24(16)34-17(2)12-23(32-34)26-19(4)31-28-33(27(26)36)22(15-37-28)14-25(35)30-18(3)20-8-6-5-7-9-20/h5-13,15,18H,14H2,1-4H3,(H,30,35). The van der Waals surface area contributed by atoms with Crippen molar-refractivity contribution in [2.24, 2.45) is 0 Å². The molecular weight excluding hydrogens is 489 g/mol. The molecule has 37 heavy (non-hydrogen) atoms. The molecule has 3 heterocycles. The van der Waals surface area contributed by atoms with Crippen LogP contribution in [0, 0.1) is 26.6 Å². The summed E-state index contributed by atoms with van der Waals surface area (Å²) in [5.41, 5.74) is 4.84. The Morgan fingerprint density at radius 2 is 1.86 bits per heavy atom. The molecule has 7 nitrogen and oxygen atoms in total. The Labute approximate surface area is 217 Å². The van der Waals surface area contributed by atoms with Gasteiger partial charge in [-0.1, -0.05) is 36.4 Å². The van der Waals surface area contributed by atoms with E-state index in [9.17, 15) is 14.0 Å². The molecule has 1 atom stereocenters. The van der Waals surface area contributed by atoms with Gasteiger partial charge >= 0.3 is 0 Å². The monoisotopic (exact) mass is 515 g/mol. The van der Waals surface area contributed by atoms with Gasteiger partial charge in [-0.25, -0.2) is 14.1 Å². The molecular formula is C28H26FN5O2S. The van der Waals surface area contributed by atoms with Gasteiger partial charge in [-0.2, -0.15) is 5.10 Å². The van der Waals surface area contributed by atoms with Crippen LogP contribution >= 0.6 is 11.3 Å². The van der Waals surface area contributed by atoms with Crippen LogP contribution < -0.4 is 10.9 Å². The minimum atomic E-state index is -0.362. The molecule has 0 bridgehead atoms. The Hall–Kier alpha value is -4.11. The molecule has 5 rings (SSSR count). The minimum absolute atomic E-state index is 0.0389. The molecule has 0 saturated heterocycles. The summed E-state index contributed by atoms with van der Waals surface area (Å²) >= 11 is 1.32. The maximum atomic E-state index is 13.9. The van der Waals surface area contributed by atoms with E-state index in [4.69, 9.17) is 0 Å². The molecule has 0 radical (unpaired) electrons. The third kappa shape index (κ3) is 4.70. The van der Waals surface area contributed by atoms with Gasteiger partial charge in [0.2, 0.25) is 5.91 Å². The smallest absolute Gasteiger partial charge is 0.268 e. The van der Waals surface area contributed by atoms with Gasteiger partial charge in [-0.05, 0) is 57.0 Å². The summed E-state index contributed by atoms with van der Waals surface area (Å²) in [5.74, 6) is -0.550. The van der Waals surface area contributed by atoms with Crippen molar-refractivity contribution in [3.8, 4) is 16.9 Å². The first-order valence-electron chi connectivity index (χ1n) is 11.9. The van der Waals surface area contributed by atoms with E-state index in [0.717, 1.165) is 16.8 Å². The number of fused-ring (bicyclic) bond motifs is 1. The molecule has 2 aromatic carbocycles. The summed E-state index contributed by atoms with van der Waals surface area (Å²) in [5, 5.41) is 9.44. The quantitative estimate of drug-likeness (QED) is 0.342. The van der Waals surface area contributed by atoms with Crippen molar-refractivity contribution >= 4 is 22.2 Å². The molecule has 188 valence electrons. The minimum Gasteiger partial charge on any atom is -0.349 e. The van der Waals surface area contributed by atoms with Gasteiger partial charge in [0.05, 0.1) is 29.4 Å². The number of halogens is 1. The maximum Gasteiger partial charge on any atom is 0.268 e. The highest BCUT2D eigenvalue weighted by Crippen LogP contribution is 2.25. The third-order valence-corrected chi connectivity index (χ3v) is 7.26. The van der Waals surface area contributed by atoms with Crippen LogP contribution in [0.1, 0.15) is 41.2 Å². The maximum absolute atomic E-state index is 13.9. The second-order valence-corrected chi connectivity index (χ2v) is 9.95. The SMILES string of the molecule is Cc1ccc(F)cc1-n1nc(-c2c(C)nc3scc(CC(=O)NC(C)c4ccccc4)n3c2=O)cc1C. The number of hydrogen-bond donors (Lipinski definition) is 1. The lowest BCUT2D eigenvalue weighted by Gasteiger charge is -2.14. The van der Waals surface area contributed by atoms with Gasteiger partial charge in [0.15, 0.2) is 4.96 Å². The van der Waals surface area contributed by atoms with Crippen molar-refractivity contribution in [2.75, 3.05) is 0 Å². The molecule has 5 aromatic rings. The van der Waals surface area contributed by atoms with E-state index < -0.39 is 0 Å². The lowest BCUT2D eigenvalue weighted by atomic mass is 10.1. The molecule has 3 aromatic heterocycles. The molecule has 9 heteroatoms. The number of amides is 1. The topological polar surface area (TPSA) is 81.3 Å². The lowest BCUT2D eigenvalue weighted by Crippen LogP contribution is -2.29. The number of benzene rings is 2. The first-order chi connectivity index (χ1) is 17.7. The van der Waals surface area contributed by atoms with Crippen molar-refractivity contribution in [1.29, 1.82) is 0 Å². The van der Waals surface area contributed by atoms with Crippen molar-refractivity contribution in [3.05, 3.63) is 104 Å². The van der Waals surface area contributed by atoms with Gasteiger partial charge in [0.1, 0.15) is 11.5 Å². The summed E-state index contributed by atoms with van der Waals surface area (Å²) in [4.78, 5) is 31.7. The lowest BCUT2D eigenvalue weighted by molar-refractivity contribution is -0.121. The van der Waals surface area contributed by atoms with E-state index in [2.05, 4.69) is 15.4 Å². The number of rotatable bonds is 6. The number of carbonyl (C=O) groups is 1. The molecule has 0 aliphatic rings. The molecule has 0 aliphatic carbocycles. The van der Waals surface area contributed by atoms with Crippen molar-refractivity contribution in [1.82, 2.24) is 24.5 Å². The zero-order valence-corrected chi connectivity index (χ0v) is 21.8. The number of thiazole rings is 1. The van der Waals surface area contributed by atoms with E-state index in [1.165, 1.54) is 27.9 Å².